The summed E-state index contributed by atoms with van der Waals surface area (Å²) in [5, 5.41) is 3.25. The fourth-order valence-corrected chi connectivity index (χ4v) is 3.57. The van der Waals surface area contributed by atoms with Gasteiger partial charge in [0.1, 0.15) is 11.9 Å². The molecule has 0 saturated heterocycles. The number of esters is 1. The van der Waals surface area contributed by atoms with Gasteiger partial charge in [-0.3, -0.25) is 9.59 Å². The summed E-state index contributed by atoms with van der Waals surface area (Å²) in [6, 6.07) is 15.7. The van der Waals surface area contributed by atoms with Crippen molar-refractivity contribution in [3.05, 3.63) is 76.3 Å². The van der Waals surface area contributed by atoms with Gasteiger partial charge in [0.25, 0.3) is 5.56 Å². The molecular formula is C21H21N3O4S. The summed E-state index contributed by atoms with van der Waals surface area (Å²) in [6.45, 7) is 0. The Morgan fingerprint density at radius 3 is 2.62 bits per heavy atom. The Kier molecular flexibility index (Phi) is 7.02. The van der Waals surface area contributed by atoms with Gasteiger partial charge in [0.2, 0.25) is 5.91 Å². The first-order valence-corrected chi connectivity index (χ1v) is 10.2. The number of aromatic amines is 1. The predicted molar refractivity (Wildman–Crippen MR) is 113 cm³/mol. The molecule has 0 aliphatic heterocycles. The van der Waals surface area contributed by atoms with E-state index in [1.165, 1.54) is 18.9 Å². The van der Waals surface area contributed by atoms with Gasteiger partial charge in [0, 0.05) is 6.42 Å². The molecule has 8 heteroatoms. The predicted octanol–water partition coefficient (Wildman–Crippen LogP) is 2.06. The highest BCUT2D eigenvalue weighted by Crippen LogP contribution is 2.11. The Bertz CT molecular complexity index is 1050. The quantitative estimate of drug-likeness (QED) is 0.550. The highest BCUT2D eigenvalue weighted by atomic mass is 32.2. The van der Waals surface area contributed by atoms with Crippen LogP contribution in [-0.2, 0) is 26.5 Å². The Morgan fingerprint density at radius 1 is 1.14 bits per heavy atom. The zero-order valence-corrected chi connectivity index (χ0v) is 16.7. The number of ether oxygens (including phenoxy) is 1. The second kappa shape index (κ2) is 9.88. The minimum absolute atomic E-state index is 0.124. The van der Waals surface area contributed by atoms with Crippen molar-refractivity contribution in [3.8, 4) is 0 Å². The van der Waals surface area contributed by atoms with E-state index in [-0.39, 0.29) is 17.2 Å². The van der Waals surface area contributed by atoms with E-state index in [9.17, 15) is 14.4 Å². The number of nitrogens with one attached hydrogen (secondary N) is 2. The second-order valence-electron chi connectivity index (χ2n) is 6.36. The molecule has 1 aromatic heterocycles. The topological polar surface area (TPSA) is 101 Å². The summed E-state index contributed by atoms with van der Waals surface area (Å²) in [4.78, 5) is 43.5. The van der Waals surface area contributed by atoms with Gasteiger partial charge in [-0.1, -0.05) is 42.5 Å². The van der Waals surface area contributed by atoms with Crippen molar-refractivity contribution in [2.45, 2.75) is 18.2 Å². The molecule has 0 radical (unpaired) electrons. The molecule has 0 spiro atoms. The number of H-pyrrole nitrogens is 1. The number of carbonyl (C=O) groups is 2. The molecule has 0 unspecified atom stereocenters. The lowest BCUT2D eigenvalue weighted by atomic mass is 10.1. The molecule has 0 aliphatic carbocycles. The average molecular weight is 411 g/mol. The molecule has 0 fully saturated rings. The van der Waals surface area contributed by atoms with Crippen LogP contribution >= 0.6 is 11.8 Å². The summed E-state index contributed by atoms with van der Waals surface area (Å²) >= 11 is 1.30. The number of fused-ring (bicyclic) bond motifs is 1. The summed E-state index contributed by atoms with van der Waals surface area (Å²) in [6.07, 6.45) is 0.351. The largest absolute Gasteiger partial charge is 0.467 e. The van der Waals surface area contributed by atoms with E-state index in [2.05, 4.69) is 15.3 Å². The van der Waals surface area contributed by atoms with Crippen molar-refractivity contribution in [1.29, 1.82) is 0 Å². The molecule has 3 rings (SSSR count). The van der Waals surface area contributed by atoms with Crippen LogP contribution in [0.2, 0.25) is 0 Å². The number of rotatable bonds is 8. The number of para-hydroxylation sites is 1. The standard InChI is InChI=1S/C21H21N3O4S/c1-28-21(27)17(11-14-7-3-2-4-8-14)23-19(25)13-29-12-18-22-16-10-6-5-9-15(16)20(26)24-18/h2-10,17H,11-13H2,1H3,(H,23,25)(H,22,24,26)/t17-/m1/s1. The highest BCUT2D eigenvalue weighted by molar-refractivity contribution is 7.99. The third-order valence-electron chi connectivity index (χ3n) is 4.24. The Balaban J connectivity index is 1.56. The van der Waals surface area contributed by atoms with Gasteiger partial charge < -0.3 is 15.0 Å². The van der Waals surface area contributed by atoms with E-state index in [1.807, 2.05) is 36.4 Å². The molecule has 0 saturated carbocycles. The third-order valence-corrected chi connectivity index (χ3v) is 5.18. The third kappa shape index (κ3) is 5.68. The second-order valence-corrected chi connectivity index (χ2v) is 7.34. The van der Waals surface area contributed by atoms with Crippen LogP contribution in [-0.4, -0.2) is 40.7 Å². The van der Waals surface area contributed by atoms with Crippen molar-refractivity contribution < 1.29 is 14.3 Å². The Hall–Kier alpha value is -3.13. The van der Waals surface area contributed by atoms with Crippen molar-refractivity contribution in [2.24, 2.45) is 0 Å². The lowest BCUT2D eigenvalue weighted by Crippen LogP contribution is -2.43. The molecular weight excluding hydrogens is 390 g/mol. The lowest BCUT2D eigenvalue weighted by molar-refractivity contribution is -0.144. The molecule has 1 atom stereocenters. The van der Waals surface area contributed by atoms with Crippen LogP contribution in [0.15, 0.2) is 59.4 Å². The number of carbonyl (C=O) groups excluding carboxylic acids is 2. The minimum Gasteiger partial charge on any atom is -0.467 e. The van der Waals surface area contributed by atoms with Crippen molar-refractivity contribution in [3.63, 3.8) is 0 Å². The van der Waals surface area contributed by atoms with Crippen LogP contribution in [0.3, 0.4) is 0 Å². The maximum absolute atomic E-state index is 12.3. The Morgan fingerprint density at radius 2 is 1.86 bits per heavy atom. The van der Waals surface area contributed by atoms with Gasteiger partial charge in [-0.15, -0.1) is 11.8 Å². The molecule has 1 amide bonds. The summed E-state index contributed by atoms with van der Waals surface area (Å²) < 4.78 is 4.80. The monoisotopic (exact) mass is 411 g/mol. The number of nitrogens with zero attached hydrogens (tertiary/aromatic N) is 1. The Labute approximate surface area is 171 Å². The van der Waals surface area contributed by atoms with E-state index in [4.69, 9.17) is 4.74 Å². The molecule has 29 heavy (non-hydrogen) atoms. The van der Waals surface area contributed by atoms with Gasteiger partial charge in [-0.2, -0.15) is 0 Å². The molecule has 0 aliphatic rings. The minimum atomic E-state index is -0.755. The number of methoxy groups -OCH3 is 1. The van der Waals surface area contributed by atoms with Crippen LogP contribution in [0, 0.1) is 0 Å². The fraction of sp³-hybridized carbons (Fsp3) is 0.238. The summed E-state index contributed by atoms with van der Waals surface area (Å²) in [5.74, 6) is 0.214. The van der Waals surface area contributed by atoms with Crippen LogP contribution in [0.5, 0.6) is 0 Å². The van der Waals surface area contributed by atoms with Crippen LogP contribution < -0.4 is 10.9 Å². The van der Waals surface area contributed by atoms with Crippen LogP contribution in [0.25, 0.3) is 10.9 Å². The molecule has 150 valence electrons. The first kappa shape index (κ1) is 20.6. The average Bonchev–Trinajstić information content (AvgIpc) is 2.73. The number of benzene rings is 2. The molecule has 3 aromatic rings. The lowest BCUT2D eigenvalue weighted by Gasteiger charge is -2.16. The maximum Gasteiger partial charge on any atom is 0.328 e. The maximum atomic E-state index is 12.3. The van der Waals surface area contributed by atoms with Gasteiger partial charge in [0.05, 0.1) is 29.5 Å². The molecule has 1 heterocycles. The van der Waals surface area contributed by atoms with Gasteiger partial charge in [-0.25, -0.2) is 9.78 Å². The number of hydrogen-bond donors (Lipinski definition) is 2. The number of hydrogen-bond acceptors (Lipinski definition) is 6. The van der Waals surface area contributed by atoms with E-state index >= 15 is 0 Å². The zero-order chi connectivity index (χ0) is 20.6. The molecule has 2 N–H and O–H groups in total. The first-order valence-electron chi connectivity index (χ1n) is 9.03. The SMILES string of the molecule is COC(=O)[C@@H](Cc1ccccc1)NC(=O)CSCc1nc2ccccc2c(=O)[nH]1. The van der Waals surface area contributed by atoms with Gasteiger partial charge in [0.15, 0.2) is 0 Å². The van der Waals surface area contributed by atoms with E-state index in [0.29, 0.717) is 28.9 Å². The number of thioether (sulfide) groups is 1. The van der Waals surface area contributed by atoms with E-state index in [1.54, 1.807) is 18.2 Å². The van der Waals surface area contributed by atoms with E-state index in [0.717, 1.165) is 5.56 Å². The molecule has 2 aromatic carbocycles. The van der Waals surface area contributed by atoms with Crippen molar-refractivity contribution in [1.82, 2.24) is 15.3 Å². The van der Waals surface area contributed by atoms with Crippen molar-refractivity contribution >= 4 is 34.5 Å². The van der Waals surface area contributed by atoms with Gasteiger partial charge in [-0.05, 0) is 17.7 Å². The first-order chi connectivity index (χ1) is 14.1. The van der Waals surface area contributed by atoms with Crippen LogP contribution in [0.1, 0.15) is 11.4 Å². The normalized spacial score (nSPS) is 11.8. The molecule has 7 nitrogen and oxygen atoms in total. The van der Waals surface area contributed by atoms with Crippen LogP contribution in [0.4, 0.5) is 0 Å². The summed E-state index contributed by atoms with van der Waals surface area (Å²) in [5.41, 5.74) is 1.34. The highest BCUT2D eigenvalue weighted by Gasteiger charge is 2.21. The van der Waals surface area contributed by atoms with Crippen molar-refractivity contribution in [2.75, 3.05) is 12.9 Å². The fourth-order valence-electron chi connectivity index (χ4n) is 2.86. The number of amides is 1. The smallest absolute Gasteiger partial charge is 0.328 e. The molecule has 0 bridgehead atoms. The van der Waals surface area contributed by atoms with Gasteiger partial charge >= 0.3 is 5.97 Å². The van der Waals surface area contributed by atoms with E-state index < -0.39 is 12.0 Å². The zero-order valence-electron chi connectivity index (χ0n) is 15.9. The number of aromatic nitrogens is 2. The summed E-state index contributed by atoms with van der Waals surface area (Å²) in [7, 11) is 1.29.